The first-order valence-corrected chi connectivity index (χ1v) is 7.35. The summed E-state index contributed by atoms with van der Waals surface area (Å²) in [6.45, 7) is -0.118. The normalized spacial score (nSPS) is 10.8. The molecule has 7 heteroatoms. The highest BCUT2D eigenvalue weighted by molar-refractivity contribution is 6.35. The number of halogens is 3. The lowest BCUT2D eigenvalue weighted by Gasteiger charge is -2.14. The lowest BCUT2D eigenvalue weighted by atomic mass is 10.1. The Morgan fingerprint density at radius 1 is 1.12 bits per heavy atom. The van der Waals surface area contributed by atoms with Gasteiger partial charge in [-0.25, -0.2) is 8.78 Å². The molecule has 0 unspecified atom stereocenters. The summed E-state index contributed by atoms with van der Waals surface area (Å²) in [6.07, 6.45) is 3.08. The highest BCUT2D eigenvalue weighted by Crippen LogP contribution is 2.34. The van der Waals surface area contributed by atoms with Crippen LogP contribution in [0.4, 0.5) is 14.5 Å². The van der Waals surface area contributed by atoms with Crippen molar-refractivity contribution in [2.24, 2.45) is 0 Å². The third-order valence-corrected chi connectivity index (χ3v) is 3.91. The fourth-order valence-corrected chi connectivity index (χ4v) is 2.63. The Bertz CT molecular complexity index is 919. The molecular weight excluding hydrogens is 338 g/mol. The molecule has 0 saturated heterocycles. The molecule has 3 aromatic rings. The van der Waals surface area contributed by atoms with Gasteiger partial charge in [-0.15, -0.1) is 0 Å². The second-order valence-electron chi connectivity index (χ2n) is 5.05. The van der Waals surface area contributed by atoms with Crippen molar-refractivity contribution in [1.82, 2.24) is 4.98 Å². The molecule has 24 heavy (non-hydrogen) atoms. The van der Waals surface area contributed by atoms with Crippen LogP contribution in [0.5, 0.6) is 11.5 Å². The van der Waals surface area contributed by atoms with Gasteiger partial charge in [0.05, 0.1) is 17.8 Å². The van der Waals surface area contributed by atoms with E-state index in [1.165, 1.54) is 25.4 Å². The van der Waals surface area contributed by atoms with Gasteiger partial charge < -0.3 is 15.2 Å². The number of anilines is 1. The Morgan fingerprint density at radius 3 is 2.67 bits per heavy atom. The maximum absolute atomic E-state index is 14.3. The summed E-state index contributed by atoms with van der Waals surface area (Å²) in [6, 6.07) is 5.32. The molecule has 2 N–H and O–H groups in total. The van der Waals surface area contributed by atoms with Gasteiger partial charge in [-0.2, -0.15) is 0 Å². The van der Waals surface area contributed by atoms with Crippen LogP contribution in [0.25, 0.3) is 10.8 Å². The molecule has 0 aliphatic carbocycles. The van der Waals surface area contributed by atoms with Crippen LogP contribution in [0, 0.1) is 11.6 Å². The summed E-state index contributed by atoms with van der Waals surface area (Å²) in [5, 5.41) is 1.49. The Morgan fingerprint density at radius 2 is 1.92 bits per heavy atom. The lowest BCUT2D eigenvalue weighted by Crippen LogP contribution is -2.03. The van der Waals surface area contributed by atoms with Crippen molar-refractivity contribution in [3.05, 3.63) is 58.9 Å². The van der Waals surface area contributed by atoms with Gasteiger partial charge in [0.25, 0.3) is 0 Å². The summed E-state index contributed by atoms with van der Waals surface area (Å²) < 4.78 is 38.4. The maximum Gasteiger partial charge on any atom is 0.163 e. The molecule has 0 saturated carbocycles. The Hall–Kier alpha value is -2.60. The number of aromatic nitrogens is 1. The van der Waals surface area contributed by atoms with E-state index in [-0.39, 0.29) is 34.4 Å². The third kappa shape index (κ3) is 2.92. The molecule has 124 valence electrons. The van der Waals surface area contributed by atoms with E-state index in [0.717, 1.165) is 6.07 Å². The number of ether oxygens (including phenoxy) is 2. The van der Waals surface area contributed by atoms with Gasteiger partial charge in [0.2, 0.25) is 0 Å². The van der Waals surface area contributed by atoms with Gasteiger partial charge in [0.15, 0.2) is 11.5 Å². The Balaban J connectivity index is 1.99. The maximum atomic E-state index is 14.3. The van der Waals surface area contributed by atoms with Crippen LogP contribution in [-0.2, 0) is 6.61 Å². The molecule has 1 heterocycles. The first-order valence-electron chi connectivity index (χ1n) is 6.97. The zero-order chi connectivity index (χ0) is 17.3. The summed E-state index contributed by atoms with van der Waals surface area (Å²) >= 11 is 6.05. The Kier molecular flexibility index (Phi) is 4.40. The molecule has 4 nitrogen and oxygen atoms in total. The number of nitrogens with zero attached hydrogens (tertiary/aromatic N) is 1. The first-order chi connectivity index (χ1) is 11.5. The molecular formula is C17H13ClF2N2O2. The summed E-state index contributed by atoms with van der Waals surface area (Å²) in [5.41, 5.74) is 5.74. The number of hydrogen-bond acceptors (Lipinski definition) is 4. The largest absolute Gasteiger partial charge is 0.493 e. The van der Waals surface area contributed by atoms with E-state index in [4.69, 9.17) is 26.8 Å². The molecule has 0 aliphatic heterocycles. The number of nitrogen functional groups attached to an aromatic ring is 1. The minimum absolute atomic E-state index is 0.0890. The van der Waals surface area contributed by atoms with Crippen molar-refractivity contribution in [3.63, 3.8) is 0 Å². The highest BCUT2D eigenvalue weighted by Gasteiger charge is 2.15. The second-order valence-corrected chi connectivity index (χ2v) is 5.46. The summed E-state index contributed by atoms with van der Waals surface area (Å²) in [5.74, 6) is -0.762. The standard InChI is InChI=1S/C17H13ClF2N2O2/c1-23-16-5-14(20)15(21)6-17(16)24-8-11-10-7-22-3-2-9(10)12(18)4-13(11)19/h2-7H,8,21H2,1H3. The van der Waals surface area contributed by atoms with E-state index >= 15 is 0 Å². The topological polar surface area (TPSA) is 57.4 Å². The smallest absolute Gasteiger partial charge is 0.163 e. The van der Waals surface area contributed by atoms with E-state index in [0.29, 0.717) is 10.8 Å². The van der Waals surface area contributed by atoms with Gasteiger partial charge in [0.1, 0.15) is 18.2 Å². The molecule has 1 aromatic heterocycles. The molecule has 2 aromatic carbocycles. The molecule has 0 radical (unpaired) electrons. The van der Waals surface area contributed by atoms with Crippen molar-refractivity contribution >= 4 is 28.1 Å². The number of rotatable bonds is 4. The van der Waals surface area contributed by atoms with Gasteiger partial charge in [-0.3, -0.25) is 4.98 Å². The molecule has 0 spiro atoms. The average molecular weight is 351 g/mol. The number of pyridine rings is 1. The Labute approximate surface area is 141 Å². The van der Waals surface area contributed by atoms with Gasteiger partial charge in [-0.1, -0.05) is 11.6 Å². The molecule has 0 bridgehead atoms. The lowest BCUT2D eigenvalue weighted by molar-refractivity contribution is 0.280. The van der Waals surface area contributed by atoms with E-state index in [9.17, 15) is 8.78 Å². The minimum Gasteiger partial charge on any atom is -0.493 e. The predicted octanol–water partition coefficient (Wildman–Crippen LogP) is 4.34. The quantitative estimate of drug-likeness (QED) is 0.711. The van der Waals surface area contributed by atoms with Crippen LogP contribution < -0.4 is 15.2 Å². The fraction of sp³-hybridized carbons (Fsp3) is 0.118. The zero-order valence-corrected chi connectivity index (χ0v) is 13.4. The van der Waals surface area contributed by atoms with Crippen molar-refractivity contribution in [2.75, 3.05) is 12.8 Å². The van der Waals surface area contributed by atoms with Crippen molar-refractivity contribution < 1.29 is 18.3 Å². The van der Waals surface area contributed by atoms with Crippen LogP contribution in [-0.4, -0.2) is 12.1 Å². The zero-order valence-electron chi connectivity index (χ0n) is 12.6. The highest BCUT2D eigenvalue weighted by atomic mass is 35.5. The molecule has 0 fully saturated rings. The van der Waals surface area contributed by atoms with Crippen molar-refractivity contribution in [3.8, 4) is 11.5 Å². The van der Waals surface area contributed by atoms with Crippen LogP contribution >= 0.6 is 11.6 Å². The monoisotopic (exact) mass is 350 g/mol. The predicted molar refractivity (Wildman–Crippen MR) is 88.4 cm³/mol. The van der Waals surface area contributed by atoms with E-state index in [2.05, 4.69) is 4.98 Å². The van der Waals surface area contributed by atoms with Crippen molar-refractivity contribution in [1.29, 1.82) is 0 Å². The van der Waals surface area contributed by atoms with Gasteiger partial charge in [0, 0.05) is 40.9 Å². The van der Waals surface area contributed by atoms with Crippen LogP contribution in [0.1, 0.15) is 5.56 Å². The SMILES string of the molecule is COc1cc(F)c(N)cc1OCc1c(F)cc(Cl)c2ccncc12. The van der Waals surface area contributed by atoms with Crippen molar-refractivity contribution in [2.45, 2.75) is 6.61 Å². The van der Waals surface area contributed by atoms with Crippen LogP contribution in [0.15, 0.2) is 36.7 Å². The van der Waals surface area contributed by atoms with Gasteiger partial charge in [-0.05, 0) is 12.1 Å². The fourth-order valence-electron chi connectivity index (χ4n) is 2.37. The molecule has 0 atom stereocenters. The average Bonchev–Trinajstić information content (AvgIpc) is 2.57. The minimum atomic E-state index is -0.619. The van der Waals surface area contributed by atoms with E-state index < -0.39 is 11.6 Å². The molecule has 3 rings (SSSR count). The number of methoxy groups -OCH3 is 1. The number of hydrogen-bond donors (Lipinski definition) is 1. The summed E-state index contributed by atoms with van der Waals surface area (Å²) in [7, 11) is 1.38. The van der Waals surface area contributed by atoms with E-state index in [1.54, 1.807) is 12.3 Å². The third-order valence-electron chi connectivity index (χ3n) is 3.60. The molecule has 0 aliphatic rings. The van der Waals surface area contributed by atoms with E-state index in [1.807, 2.05) is 0 Å². The van der Waals surface area contributed by atoms with Crippen LogP contribution in [0.2, 0.25) is 5.02 Å². The second kappa shape index (κ2) is 6.49. The molecule has 0 amide bonds. The van der Waals surface area contributed by atoms with Gasteiger partial charge >= 0.3 is 0 Å². The number of benzene rings is 2. The van der Waals surface area contributed by atoms with Crippen LogP contribution in [0.3, 0.4) is 0 Å². The first kappa shape index (κ1) is 16.3. The summed E-state index contributed by atoms with van der Waals surface area (Å²) in [4.78, 5) is 4.00. The number of fused-ring (bicyclic) bond motifs is 1. The number of nitrogens with two attached hydrogens (primary N) is 1.